The molecule has 122 valence electrons. The largest absolute Gasteiger partial charge is 0.398 e. The molecule has 6 heteroatoms. The number of halogens is 3. The van der Waals surface area contributed by atoms with E-state index in [1.54, 1.807) is 36.4 Å². The molecule has 1 N–H and O–H groups in total. The number of benzene rings is 2. The average Bonchev–Trinajstić information content (AvgIpc) is 2.44. The van der Waals surface area contributed by atoms with E-state index in [2.05, 4.69) is 5.32 Å². The smallest absolute Gasteiger partial charge is 0.321 e. The van der Waals surface area contributed by atoms with Crippen LogP contribution in [0.1, 0.15) is 21.5 Å². The molecule has 0 spiro atoms. The lowest BCUT2D eigenvalue weighted by Gasteiger charge is -2.12. The van der Waals surface area contributed by atoms with Gasteiger partial charge in [0.2, 0.25) is 0 Å². The van der Waals surface area contributed by atoms with Crippen LogP contribution in [0.15, 0.2) is 47.4 Å². The zero-order valence-corrected chi connectivity index (χ0v) is 13.5. The number of rotatable bonds is 4. The Balaban J connectivity index is 2.17. The Morgan fingerprint density at radius 3 is 2.30 bits per heavy atom. The molecule has 0 aliphatic rings. The van der Waals surface area contributed by atoms with Crippen molar-refractivity contribution in [2.45, 2.75) is 24.9 Å². The Bertz CT molecular complexity index is 693. The molecule has 0 saturated heterocycles. The van der Waals surface area contributed by atoms with Crippen molar-refractivity contribution in [3.8, 4) is 0 Å². The van der Waals surface area contributed by atoms with Crippen LogP contribution in [0.25, 0.3) is 0 Å². The number of carbonyl (C=O) groups is 1. The summed E-state index contributed by atoms with van der Waals surface area (Å²) in [5.41, 5.74) is 2.77. The lowest BCUT2D eigenvalue weighted by Crippen LogP contribution is -2.14. The van der Waals surface area contributed by atoms with E-state index in [4.69, 9.17) is 0 Å². The molecule has 2 aromatic carbocycles. The van der Waals surface area contributed by atoms with E-state index >= 15 is 0 Å². The number of nitrogens with one attached hydrogen (secondary N) is 1. The second-order valence-corrected chi connectivity index (χ2v) is 6.25. The summed E-state index contributed by atoms with van der Waals surface area (Å²) < 4.78 is 37.1. The minimum atomic E-state index is -4.25. The van der Waals surface area contributed by atoms with E-state index in [1.807, 2.05) is 19.9 Å². The van der Waals surface area contributed by atoms with Crippen LogP contribution in [0.2, 0.25) is 0 Å². The van der Waals surface area contributed by atoms with Crippen molar-refractivity contribution in [1.82, 2.24) is 0 Å². The van der Waals surface area contributed by atoms with Gasteiger partial charge in [-0.2, -0.15) is 13.2 Å². The van der Waals surface area contributed by atoms with Crippen molar-refractivity contribution < 1.29 is 18.0 Å². The van der Waals surface area contributed by atoms with Gasteiger partial charge in [0.25, 0.3) is 5.91 Å². The number of hydrogen-bond acceptors (Lipinski definition) is 2. The Morgan fingerprint density at radius 1 is 1.09 bits per heavy atom. The van der Waals surface area contributed by atoms with Gasteiger partial charge in [0.15, 0.2) is 0 Å². The first-order valence-electron chi connectivity index (χ1n) is 6.93. The van der Waals surface area contributed by atoms with Crippen LogP contribution >= 0.6 is 11.8 Å². The first-order chi connectivity index (χ1) is 10.7. The summed E-state index contributed by atoms with van der Waals surface area (Å²) in [5.74, 6) is -1.33. The molecule has 0 aromatic heterocycles. The van der Waals surface area contributed by atoms with Gasteiger partial charge in [-0.15, -0.1) is 11.8 Å². The zero-order valence-electron chi connectivity index (χ0n) is 12.7. The molecule has 23 heavy (non-hydrogen) atoms. The molecule has 0 atom stereocenters. The molecular formula is C17H16F3NOS. The number of carbonyl (C=O) groups excluding carboxylic acids is 1. The molecule has 0 unspecified atom stereocenters. The van der Waals surface area contributed by atoms with E-state index in [-0.39, 0.29) is 5.91 Å². The van der Waals surface area contributed by atoms with Crippen LogP contribution in [-0.2, 0) is 0 Å². The molecule has 2 rings (SSSR count). The normalized spacial score (nSPS) is 11.3. The summed E-state index contributed by atoms with van der Waals surface area (Å²) in [7, 11) is 0. The van der Waals surface area contributed by atoms with Gasteiger partial charge in [0.05, 0.1) is 11.4 Å². The molecule has 0 heterocycles. The molecule has 2 aromatic rings. The lowest BCUT2D eigenvalue weighted by atomic mass is 10.1. The highest BCUT2D eigenvalue weighted by molar-refractivity contribution is 7.99. The summed E-state index contributed by atoms with van der Waals surface area (Å²) in [6.07, 6.45) is -4.25. The summed E-state index contributed by atoms with van der Waals surface area (Å²) in [6.45, 7) is 3.77. The number of para-hydroxylation sites is 1. The van der Waals surface area contributed by atoms with Gasteiger partial charge >= 0.3 is 6.18 Å². The van der Waals surface area contributed by atoms with Gasteiger partial charge < -0.3 is 5.32 Å². The topological polar surface area (TPSA) is 29.1 Å². The van der Waals surface area contributed by atoms with Gasteiger partial charge in [0, 0.05) is 10.5 Å². The maximum Gasteiger partial charge on any atom is 0.398 e. The van der Waals surface area contributed by atoms with Crippen molar-refractivity contribution in [3.05, 3.63) is 59.2 Å². The highest BCUT2D eigenvalue weighted by Crippen LogP contribution is 2.32. The minimum absolute atomic E-state index is 0.336. The molecule has 0 aliphatic carbocycles. The van der Waals surface area contributed by atoms with E-state index in [9.17, 15) is 18.0 Å². The van der Waals surface area contributed by atoms with Gasteiger partial charge in [-0.05, 0) is 38.1 Å². The molecule has 0 bridgehead atoms. The van der Waals surface area contributed by atoms with Gasteiger partial charge in [-0.3, -0.25) is 4.79 Å². The summed E-state index contributed by atoms with van der Waals surface area (Å²) in [4.78, 5) is 12.7. The highest BCUT2D eigenvalue weighted by atomic mass is 32.2. The fraction of sp³-hybridized carbons (Fsp3) is 0.235. The monoisotopic (exact) mass is 339 g/mol. The average molecular weight is 339 g/mol. The van der Waals surface area contributed by atoms with Crippen LogP contribution < -0.4 is 5.32 Å². The van der Waals surface area contributed by atoms with Crippen LogP contribution in [-0.4, -0.2) is 17.8 Å². The van der Waals surface area contributed by atoms with Crippen molar-refractivity contribution in [2.75, 3.05) is 11.1 Å². The van der Waals surface area contributed by atoms with Crippen molar-refractivity contribution >= 4 is 23.4 Å². The zero-order chi connectivity index (χ0) is 17.0. The summed E-state index contributed by atoms with van der Waals surface area (Å²) >= 11 is 0.658. The van der Waals surface area contributed by atoms with Crippen molar-refractivity contribution in [2.24, 2.45) is 0 Å². The number of thioether (sulfide) groups is 1. The Kier molecular flexibility index (Phi) is 5.36. The van der Waals surface area contributed by atoms with Crippen molar-refractivity contribution in [1.29, 1.82) is 0 Å². The van der Waals surface area contributed by atoms with E-state index < -0.39 is 11.9 Å². The Morgan fingerprint density at radius 2 is 1.70 bits per heavy atom. The van der Waals surface area contributed by atoms with Gasteiger partial charge in [-0.1, -0.05) is 29.3 Å². The van der Waals surface area contributed by atoms with E-state index in [1.165, 1.54) is 0 Å². The number of alkyl halides is 3. The van der Waals surface area contributed by atoms with Crippen LogP contribution in [0, 0.1) is 13.8 Å². The predicted octanol–water partition coefficient (Wildman–Crippen LogP) is 5.21. The second kappa shape index (κ2) is 7.08. The Hall–Kier alpha value is -1.95. The first kappa shape index (κ1) is 17.4. The van der Waals surface area contributed by atoms with E-state index in [0.29, 0.717) is 27.9 Å². The SMILES string of the molecule is Cc1cc(C)cc(C(=O)Nc2ccccc2SCC(F)(F)F)c1. The number of amides is 1. The Labute approximate surface area is 137 Å². The lowest BCUT2D eigenvalue weighted by molar-refractivity contribution is -0.105. The third-order valence-electron chi connectivity index (χ3n) is 3.01. The maximum absolute atomic E-state index is 12.4. The quantitative estimate of drug-likeness (QED) is 0.775. The third-order valence-corrected chi connectivity index (χ3v) is 4.15. The van der Waals surface area contributed by atoms with Crippen LogP contribution in [0.4, 0.5) is 18.9 Å². The maximum atomic E-state index is 12.4. The standard InChI is InChI=1S/C17H16F3NOS/c1-11-7-12(2)9-13(8-11)16(22)21-14-5-3-4-6-15(14)23-10-17(18,19)20/h3-9H,10H2,1-2H3,(H,21,22). The second-order valence-electron chi connectivity index (χ2n) is 5.23. The fourth-order valence-corrected chi connectivity index (χ4v) is 2.92. The first-order valence-corrected chi connectivity index (χ1v) is 7.91. The van der Waals surface area contributed by atoms with E-state index in [0.717, 1.165) is 11.1 Å². The molecule has 2 nitrogen and oxygen atoms in total. The number of anilines is 1. The molecule has 0 fully saturated rings. The molecule has 1 amide bonds. The third kappa shape index (κ3) is 5.32. The summed E-state index contributed by atoms with van der Waals surface area (Å²) in [6, 6.07) is 11.9. The number of hydrogen-bond donors (Lipinski definition) is 1. The predicted molar refractivity (Wildman–Crippen MR) is 87.1 cm³/mol. The van der Waals surface area contributed by atoms with Gasteiger partial charge in [-0.25, -0.2) is 0 Å². The molecule has 0 saturated carbocycles. The molecule has 0 radical (unpaired) electrons. The van der Waals surface area contributed by atoms with Crippen molar-refractivity contribution in [3.63, 3.8) is 0 Å². The molecule has 0 aliphatic heterocycles. The molecular weight excluding hydrogens is 323 g/mol. The van der Waals surface area contributed by atoms with Crippen LogP contribution in [0.5, 0.6) is 0 Å². The minimum Gasteiger partial charge on any atom is -0.321 e. The van der Waals surface area contributed by atoms with Gasteiger partial charge in [0.1, 0.15) is 0 Å². The summed E-state index contributed by atoms with van der Waals surface area (Å²) in [5, 5.41) is 2.69. The highest BCUT2D eigenvalue weighted by Gasteiger charge is 2.27. The number of aryl methyl sites for hydroxylation is 2. The fourth-order valence-electron chi connectivity index (χ4n) is 2.16. The van der Waals surface area contributed by atoms with Crippen LogP contribution in [0.3, 0.4) is 0 Å².